The molecule has 0 radical (unpaired) electrons. The van der Waals surface area contributed by atoms with Gasteiger partial charge in [-0.05, 0) is 37.3 Å². The van der Waals surface area contributed by atoms with Gasteiger partial charge in [-0.25, -0.2) is 0 Å². The van der Waals surface area contributed by atoms with Gasteiger partial charge in [-0.15, -0.1) is 24.0 Å². The van der Waals surface area contributed by atoms with E-state index in [1.165, 1.54) is 34.9 Å². The number of fused-ring (bicyclic) bond motifs is 1. The monoisotopic (exact) mass is 468 g/mol. The van der Waals surface area contributed by atoms with E-state index >= 15 is 0 Å². The smallest absolute Gasteiger partial charge is 0.193 e. The molecule has 1 atom stereocenters. The van der Waals surface area contributed by atoms with Crippen LogP contribution in [0.3, 0.4) is 0 Å². The summed E-state index contributed by atoms with van der Waals surface area (Å²) in [5, 5.41) is 4.89. The highest BCUT2D eigenvalue weighted by molar-refractivity contribution is 14.0. The van der Waals surface area contributed by atoms with Crippen LogP contribution >= 0.6 is 24.0 Å². The average Bonchev–Trinajstić information content (AvgIpc) is 3.34. The number of para-hydroxylation sites is 1. The molecule has 0 bridgehead atoms. The summed E-state index contributed by atoms with van der Waals surface area (Å²) < 4.78 is 5.63. The minimum atomic E-state index is 0. The van der Waals surface area contributed by atoms with E-state index in [1.807, 2.05) is 7.05 Å². The van der Waals surface area contributed by atoms with E-state index in [1.54, 1.807) is 0 Å². The number of H-pyrrole nitrogens is 1. The Morgan fingerprint density at radius 2 is 2.27 bits per heavy atom. The van der Waals surface area contributed by atoms with Crippen LogP contribution in [0.5, 0.6) is 0 Å². The number of hydrogen-bond donors (Lipinski definition) is 2. The van der Waals surface area contributed by atoms with Crippen molar-refractivity contribution < 1.29 is 4.74 Å². The summed E-state index contributed by atoms with van der Waals surface area (Å²) in [5.41, 5.74) is 4.29. The molecule has 0 saturated carbocycles. The Labute approximate surface area is 172 Å². The predicted octanol–water partition coefficient (Wildman–Crippen LogP) is 3.32. The van der Waals surface area contributed by atoms with Crippen molar-refractivity contribution in [2.75, 3.05) is 39.9 Å². The first-order valence-corrected chi connectivity index (χ1v) is 9.30. The lowest BCUT2D eigenvalue weighted by Crippen LogP contribution is -2.42. The standard InChI is InChI=1S/C20H28N4O.HI/c1-15-4-3-5-17-16(12-23-18(15)17)6-9-22-19(21-2)24-10-7-20(13-24)8-11-25-14-20;/h3-5,12,23H,6-11,13-14H2,1-2H3,(H,21,22);1H. The van der Waals surface area contributed by atoms with Crippen LogP contribution in [0.15, 0.2) is 29.4 Å². The summed E-state index contributed by atoms with van der Waals surface area (Å²) in [7, 11) is 1.88. The van der Waals surface area contributed by atoms with Gasteiger partial charge in [-0.1, -0.05) is 18.2 Å². The summed E-state index contributed by atoms with van der Waals surface area (Å²) >= 11 is 0. The number of hydrogen-bond acceptors (Lipinski definition) is 2. The molecule has 2 fully saturated rings. The van der Waals surface area contributed by atoms with Gasteiger partial charge in [0.25, 0.3) is 0 Å². The Hall–Kier alpha value is -1.28. The first kappa shape index (κ1) is 19.5. The maximum absolute atomic E-state index is 5.63. The van der Waals surface area contributed by atoms with Gasteiger partial charge in [0.1, 0.15) is 0 Å². The summed E-state index contributed by atoms with van der Waals surface area (Å²) in [6.45, 7) is 7.02. The average molecular weight is 468 g/mol. The van der Waals surface area contributed by atoms with Gasteiger partial charge in [-0.3, -0.25) is 4.99 Å². The zero-order chi connectivity index (χ0) is 17.3. The first-order chi connectivity index (χ1) is 12.2. The molecular formula is C20H29IN4O. The number of aryl methyl sites for hydroxylation is 1. The first-order valence-electron chi connectivity index (χ1n) is 9.30. The number of ether oxygens (including phenoxy) is 1. The molecule has 0 aliphatic carbocycles. The summed E-state index contributed by atoms with van der Waals surface area (Å²) in [4.78, 5) is 10.3. The topological polar surface area (TPSA) is 52.7 Å². The molecule has 4 rings (SSSR count). The van der Waals surface area contributed by atoms with Crippen molar-refractivity contribution in [2.45, 2.75) is 26.2 Å². The van der Waals surface area contributed by atoms with E-state index in [4.69, 9.17) is 4.74 Å². The maximum Gasteiger partial charge on any atom is 0.193 e. The maximum atomic E-state index is 5.63. The number of nitrogens with zero attached hydrogens (tertiary/aromatic N) is 2. The van der Waals surface area contributed by atoms with Gasteiger partial charge in [0.15, 0.2) is 5.96 Å². The van der Waals surface area contributed by atoms with Crippen molar-refractivity contribution >= 4 is 40.8 Å². The van der Waals surface area contributed by atoms with E-state index in [-0.39, 0.29) is 24.0 Å². The van der Waals surface area contributed by atoms with E-state index in [9.17, 15) is 0 Å². The molecular weight excluding hydrogens is 439 g/mol. The minimum Gasteiger partial charge on any atom is -0.381 e. The van der Waals surface area contributed by atoms with Crippen molar-refractivity contribution in [1.82, 2.24) is 15.2 Å². The lowest BCUT2D eigenvalue weighted by Gasteiger charge is -2.24. The summed E-state index contributed by atoms with van der Waals surface area (Å²) in [6, 6.07) is 6.49. The van der Waals surface area contributed by atoms with Crippen molar-refractivity contribution in [3.63, 3.8) is 0 Å². The highest BCUT2D eigenvalue weighted by Gasteiger charge is 2.42. The Balaban J connectivity index is 0.00000196. The molecule has 1 aromatic carbocycles. The number of guanidine groups is 1. The molecule has 2 aliphatic rings. The number of aromatic amines is 1. The van der Waals surface area contributed by atoms with Crippen LogP contribution in [0.25, 0.3) is 10.9 Å². The molecule has 1 spiro atoms. The lowest BCUT2D eigenvalue weighted by atomic mass is 9.87. The minimum absolute atomic E-state index is 0. The van der Waals surface area contributed by atoms with Gasteiger partial charge < -0.3 is 19.9 Å². The van der Waals surface area contributed by atoms with Crippen molar-refractivity contribution in [1.29, 1.82) is 0 Å². The number of likely N-dealkylation sites (tertiary alicyclic amines) is 1. The predicted molar refractivity (Wildman–Crippen MR) is 118 cm³/mol. The molecule has 142 valence electrons. The van der Waals surface area contributed by atoms with Crippen LogP contribution in [0, 0.1) is 12.3 Å². The van der Waals surface area contributed by atoms with Gasteiger partial charge in [-0.2, -0.15) is 0 Å². The van der Waals surface area contributed by atoms with Crippen LogP contribution in [0.1, 0.15) is 24.0 Å². The molecule has 2 saturated heterocycles. The number of benzene rings is 1. The highest BCUT2D eigenvalue weighted by atomic mass is 127. The largest absolute Gasteiger partial charge is 0.381 e. The second-order valence-electron chi connectivity index (χ2n) is 7.51. The van der Waals surface area contributed by atoms with Crippen LogP contribution < -0.4 is 5.32 Å². The number of rotatable bonds is 3. The highest BCUT2D eigenvalue weighted by Crippen LogP contribution is 2.38. The van der Waals surface area contributed by atoms with Gasteiger partial charge in [0.05, 0.1) is 6.61 Å². The summed E-state index contributed by atoms with van der Waals surface area (Å²) in [5.74, 6) is 1.03. The second kappa shape index (κ2) is 8.17. The second-order valence-corrected chi connectivity index (χ2v) is 7.51. The third-order valence-electron chi connectivity index (χ3n) is 5.82. The fourth-order valence-electron chi connectivity index (χ4n) is 4.30. The van der Waals surface area contributed by atoms with E-state index < -0.39 is 0 Å². The van der Waals surface area contributed by atoms with E-state index in [0.717, 1.165) is 45.2 Å². The number of nitrogens with one attached hydrogen (secondary N) is 2. The Kier molecular flexibility index (Phi) is 6.12. The number of aliphatic imine (C=N–C) groups is 1. The fraction of sp³-hybridized carbons (Fsp3) is 0.550. The molecule has 6 heteroatoms. The lowest BCUT2D eigenvalue weighted by molar-refractivity contribution is 0.156. The normalized spacial score (nSPS) is 23.0. The SMILES string of the molecule is CN=C(NCCc1c[nH]c2c(C)cccc12)N1CCC2(CCOC2)C1.I. The van der Waals surface area contributed by atoms with Gasteiger partial charge >= 0.3 is 0 Å². The fourth-order valence-corrected chi connectivity index (χ4v) is 4.30. The Morgan fingerprint density at radius 3 is 3.04 bits per heavy atom. The Bertz CT molecular complexity index is 779. The van der Waals surface area contributed by atoms with Gasteiger partial charge in [0.2, 0.25) is 0 Å². The molecule has 1 aromatic heterocycles. The zero-order valence-corrected chi connectivity index (χ0v) is 18.0. The van der Waals surface area contributed by atoms with Crippen molar-refractivity contribution in [3.8, 4) is 0 Å². The van der Waals surface area contributed by atoms with Crippen LogP contribution in [0.2, 0.25) is 0 Å². The Morgan fingerprint density at radius 1 is 1.38 bits per heavy atom. The number of aromatic nitrogens is 1. The molecule has 2 aliphatic heterocycles. The van der Waals surface area contributed by atoms with Crippen molar-refractivity contribution in [2.24, 2.45) is 10.4 Å². The molecule has 0 amide bonds. The summed E-state index contributed by atoms with van der Waals surface area (Å²) in [6.07, 6.45) is 5.54. The molecule has 2 aromatic rings. The van der Waals surface area contributed by atoms with E-state index in [2.05, 4.69) is 51.5 Å². The molecule has 26 heavy (non-hydrogen) atoms. The van der Waals surface area contributed by atoms with E-state index in [0.29, 0.717) is 5.41 Å². The molecule has 5 nitrogen and oxygen atoms in total. The molecule has 1 unspecified atom stereocenters. The van der Waals surface area contributed by atoms with Crippen LogP contribution in [-0.4, -0.2) is 55.7 Å². The number of halogens is 1. The third kappa shape index (κ3) is 3.71. The third-order valence-corrected chi connectivity index (χ3v) is 5.82. The van der Waals surface area contributed by atoms with Crippen LogP contribution in [0.4, 0.5) is 0 Å². The van der Waals surface area contributed by atoms with Gasteiger partial charge in [0, 0.05) is 55.8 Å². The van der Waals surface area contributed by atoms with Crippen molar-refractivity contribution in [3.05, 3.63) is 35.5 Å². The quantitative estimate of drug-likeness (QED) is 0.413. The molecule has 2 N–H and O–H groups in total. The zero-order valence-electron chi connectivity index (χ0n) is 15.7. The van der Waals surface area contributed by atoms with Crippen LogP contribution in [-0.2, 0) is 11.2 Å². The molecule has 3 heterocycles.